The van der Waals surface area contributed by atoms with Gasteiger partial charge in [0.05, 0.1) is 5.02 Å². The Bertz CT molecular complexity index is 556. The first-order valence-electron chi connectivity index (χ1n) is 6.66. The molecule has 1 amide bonds. The van der Waals surface area contributed by atoms with E-state index in [1.165, 1.54) is 25.1 Å². The molecule has 9 heteroatoms. The number of carbonyl (C=O) groups is 2. The third-order valence-electron chi connectivity index (χ3n) is 2.52. The molecule has 0 bridgehead atoms. The van der Waals surface area contributed by atoms with Crippen molar-refractivity contribution in [3.8, 4) is 5.75 Å². The van der Waals surface area contributed by atoms with Gasteiger partial charge in [-0.15, -0.1) is 0 Å². The molecule has 1 atom stereocenters. The number of anilines is 1. The lowest BCUT2D eigenvalue weighted by Gasteiger charge is -2.14. The molecule has 0 aliphatic heterocycles. The number of rotatable bonds is 8. The summed E-state index contributed by atoms with van der Waals surface area (Å²) in [5, 5.41) is 2.35. The third-order valence-corrected chi connectivity index (χ3v) is 2.81. The van der Waals surface area contributed by atoms with Crippen molar-refractivity contribution in [2.45, 2.75) is 26.6 Å². The summed E-state index contributed by atoms with van der Waals surface area (Å²) in [5.74, 6) is -1.49. The normalized spacial score (nSPS) is 11.9. The lowest BCUT2D eigenvalue weighted by molar-refractivity contribution is -0.157. The summed E-state index contributed by atoms with van der Waals surface area (Å²) in [6.45, 7) is 0.197. The van der Waals surface area contributed by atoms with Gasteiger partial charge in [-0.2, -0.15) is 8.78 Å². The number of nitrogens with one attached hydrogen (secondary N) is 1. The summed E-state index contributed by atoms with van der Waals surface area (Å²) in [5.41, 5.74) is 0.245. The Morgan fingerprint density at radius 1 is 1.35 bits per heavy atom. The Morgan fingerprint density at radius 3 is 2.61 bits per heavy atom. The van der Waals surface area contributed by atoms with Crippen molar-refractivity contribution in [3.63, 3.8) is 0 Å². The first-order chi connectivity index (χ1) is 10.8. The first-order valence-corrected chi connectivity index (χ1v) is 7.03. The largest absolute Gasteiger partial charge is 0.451 e. The second kappa shape index (κ2) is 9.26. The predicted molar refractivity (Wildman–Crippen MR) is 78.8 cm³/mol. The molecule has 0 saturated heterocycles. The molecule has 0 spiro atoms. The van der Waals surface area contributed by atoms with Gasteiger partial charge < -0.3 is 19.5 Å². The number of esters is 1. The van der Waals surface area contributed by atoms with Crippen LogP contribution in [0.25, 0.3) is 0 Å². The zero-order valence-electron chi connectivity index (χ0n) is 12.5. The van der Waals surface area contributed by atoms with Crippen LogP contribution >= 0.6 is 11.6 Å². The maximum absolute atomic E-state index is 12.1. The fourth-order valence-electron chi connectivity index (χ4n) is 1.48. The van der Waals surface area contributed by atoms with Crippen molar-refractivity contribution in [2.24, 2.45) is 0 Å². The molecule has 1 aromatic rings. The molecule has 1 rings (SSSR count). The molecule has 23 heavy (non-hydrogen) atoms. The molecule has 0 aliphatic rings. The summed E-state index contributed by atoms with van der Waals surface area (Å²) >= 11 is 5.77. The highest BCUT2D eigenvalue weighted by Gasteiger charge is 2.18. The topological polar surface area (TPSA) is 73.9 Å². The van der Waals surface area contributed by atoms with Crippen LogP contribution in [-0.2, 0) is 19.1 Å². The van der Waals surface area contributed by atoms with E-state index in [9.17, 15) is 18.4 Å². The number of halogens is 3. The van der Waals surface area contributed by atoms with Gasteiger partial charge in [0.25, 0.3) is 5.91 Å². The molecule has 1 aromatic carbocycles. The van der Waals surface area contributed by atoms with E-state index in [-0.39, 0.29) is 23.1 Å². The maximum Gasteiger partial charge on any atom is 0.387 e. The predicted octanol–water partition coefficient (Wildman–Crippen LogP) is 2.85. The number of hydrogen-bond acceptors (Lipinski definition) is 5. The molecule has 0 saturated carbocycles. The molecule has 6 nitrogen and oxygen atoms in total. The molecule has 0 fully saturated rings. The van der Waals surface area contributed by atoms with Crippen LogP contribution in [0.3, 0.4) is 0 Å². The highest BCUT2D eigenvalue weighted by atomic mass is 35.5. The molecular weight excluding hydrogens is 336 g/mol. The van der Waals surface area contributed by atoms with E-state index in [1.807, 2.05) is 0 Å². The second-order valence-corrected chi connectivity index (χ2v) is 4.69. The fourth-order valence-corrected chi connectivity index (χ4v) is 1.71. The zero-order chi connectivity index (χ0) is 17.4. The molecular formula is C14H16ClF2NO5. The summed E-state index contributed by atoms with van der Waals surface area (Å²) in [6.07, 6.45) is -1.06. The summed E-state index contributed by atoms with van der Waals surface area (Å²) in [4.78, 5) is 23.2. The lowest BCUT2D eigenvalue weighted by Crippen LogP contribution is -2.31. The van der Waals surface area contributed by atoms with Crippen LogP contribution in [-0.4, -0.2) is 37.8 Å². The smallest absolute Gasteiger partial charge is 0.387 e. The van der Waals surface area contributed by atoms with Gasteiger partial charge in [-0.25, -0.2) is 4.79 Å². The fraction of sp³-hybridized carbons (Fsp3) is 0.429. The van der Waals surface area contributed by atoms with Crippen LogP contribution in [0, 0.1) is 0 Å². The monoisotopic (exact) mass is 351 g/mol. The van der Waals surface area contributed by atoms with Gasteiger partial charge in [-0.1, -0.05) is 11.6 Å². The average Bonchev–Trinajstić information content (AvgIpc) is 2.47. The van der Waals surface area contributed by atoms with E-state index in [1.54, 1.807) is 6.92 Å². The van der Waals surface area contributed by atoms with Crippen LogP contribution in [0.5, 0.6) is 5.75 Å². The van der Waals surface area contributed by atoms with Gasteiger partial charge in [-0.05, 0) is 32.0 Å². The summed E-state index contributed by atoms with van der Waals surface area (Å²) in [7, 11) is 0. The highest BCUT2D eigenvalue weighted by Crippen LogP contribution is 2.29. The summed E-state index contributed by atoms with van der Waals surface area (Å²) in [6, 6.07) is 3.76. The van der Waals surface area contributed by atoms with Crippen LogP contribution in [0.2, 0.25) is 5.02 Å². The van der Waals surface area contributed by atoms with Crippen LogP contribution < -0.4 is 10.1 Å². The SMILES string of the molecule is CCOCC(=O)OC(C)C(=O)Nc1ccc(OC(F)F)c(Cl)c1. The Balaban J connectivity index is 2.59. The number of ether oxygens (including phenoxy) is 3. The Labute approximate surface area is 136 Å². The number of carbonyl (C=O) groups excluding carboxylic acids is 2. The van der Waals surface area contributed by atoms with E-state index < -0.39 is 24.6 Å². The van der Waals surface area contributed by atoms with E-state index in [0.29, 0.717) is 6.61 Å². The minimum atomic E-state index is -3.00. The van der Waals surface area contributed by atoms with Crippen molar-refractivity contribution in [2.75, 3.05) is 18.5 Å². The Hall–Kier alpha value is -1.93. The second-order valence-electron chi connectivity index (χ2n) is 4.28. The van der Waals surface area contributed by atoms with Crippen molar-refractivity contribution < 1.29 is 32.6 Å². The van der Waals surface area contributed by atoms with Gasteiger partial charge >= 0.3 is 12.6 Å². The summed E-state index contributed by atoms with van der Waals surface area (Å²) < 4.78 is 38.1. The average molecular weight is 352 g/mol. The zero-order valence-corrected chi connectivity index (χ0v) is 13.2. The molecule has 1 unspecified atom stereocenters. The van der Waals surface area contributed by atoms with Crippen molar-refractivity contribution >= 4 is 29.2 Å². The van der Waals surface area contributed by atoms with Crippen molar-refractivity contribution in [1.29, 1.82) is 0 Å². The van der Waals surface area contributed by atoms with E-state index in [0.717, 1.165) is 0 Å². The first kappa shape index (κ1) is 19.1. The van der Waals surface area contributed by atoms with Crippen LogP contribution in [0.1, 0.15) is 13.8 Å². The van der Waals surface area contributed by atoms with E-state index in [2.05, 4.69) is 10.1 Å². The van der Waals surface area contributed by atoms with Crippen LogP contribution in [0.15, 0.2) is 18.2 Å². The maximum atomic E-state index is 12.1. The van der Waals surface area contributed by atoms with E-state index >= 15 is 0 Å². The highest BCUT2D eigenvalue weighted by molar-refractivity contribution is 6.32. The number of alkyl halides is 2. The van der Waals surface area contributed by atoms with Gasteiger partial charge in [0.1, 0.15) is 12.4 Å². The van der Waals surface area contributed by atoms with Crippen molar-refractivity contribution in [1.82, 2.24) is 0 Å². The van der Waals surface area contributed by atoms with Crippen LogP contribution in [0.4, 0.5) is 14.5 Å². The molecule has 0 aliphatic carbocycles. The van der Waals surface area contributed by atoms with E-state index in [4.69, 9.17) is 21.1 Å². The van der Waals surface area contributed by atoms with Gasteiger partial charge in [-0.3, -0.25) is 4.79 Å². The standard InChI is InChI=1S/C14H16ClF2NO5/c1-3-21-7-12(19)22-8(2)13(20)18-9-4-5-11(10(15)6-9)23-14(16)17/h4-6,8,14H,3,7H2,1-2H3,(H,18,20). The van der Waals surface area contributed by atoms with Crippen molar-refractivity contribution in [3.05, 3.63) is 23.2 Å². The molecule has 0 radical (unpaired) electrons. The van der Waals surface area contributed by atoms with Gasteiger partial charge in [0.2, 0.25) is 0 Å². The molecule has 128 valence electrons. The molecule has 0 heterocycles. The molecule has 0 aromatic heterocycles. The van der Waals surface area contributed by atoms with Gasteiger partial charge in [0, 0.05) is 12.3 Å². The van der Waals surface area contributed by atoms with Gasteiger partial charge in [0.15, 0.2) is 6.10 Å². The Morgan fingerprint density at radius 2 is 2.04 bits per heavy atom. The third kappa shape index (κ3) is 6.79. The number of amides is 1. The minimum Gasteiger partial charge on any atom is -0.451 e. The lowest BCUT2D eigenvalue weighted by atomic mass is 10.3. The molecule has 1 N–H and O–H groups in total. The minimum absolute atomic E-state index is 0.0934. The quantitative estimate of drug-likeness (QED) is 0.729. The number of benzene rings is 1. The Kier molecular flexibility index (Phi) is 7.70. The number of hydrogen-bond donors (Lipinski definition) is 1.